The number of esters is 5. The van der Waals surface area contributed by atoms with Crippen molar-refractivity contribution in [3.8, 4) is 0 Å². The summed E-state index contributed by atoms with van der Waals surface area (Å²) in [7, 11) is 0. The van der Waals surface area contributed by atoms with Crippen molar-refractivity contribution in [3.63, 3.8) is 0 Å². The Balaban J connectivity index is 1.80. The molecule has 0 radical (unpaired) electrons. The first-order valence-corrected chi connectivity index (χ1v) is 16.5. The molecule has 1 N–H and O–H groups in total. The Kier molecular flexibility index (Phi) is 14.2. The molecule has 2 aliphatic rings. The number of hydrogen-bond acceptors (Lipinski definition) is 16. The molecule has 0 saturated carbocycles. The summed E-state index contributed by atoms with van der Waals surface area (Å²) in [5.74, 6) is -4.14. The molecule has 0 aliphatic carbocycles. The highest BCUT2D eigenvalue weighted by Gasteiger charge is 2.56. The topological polar surface area (TPSA) is 228 Å². The molecule has 2 saturated heterocycles. The van der Waals surface area contributed by atoms with E-state index >= 15 is 0 Å². The number of aliphatic hydroxyl groups excluding tert-OH is 1. The summed E-state index contributed by atoms with van der Waals surface area (Å²) in [5.41, 5.74) is 8.77. The zero-order chi connectivity index (χ0) is 37.1. The van der Waals surface area contributed by atoms with Crippen LogP contribution in [-0.2, 0) is 57.1 Å². The van der Waals surface area contributed by atoms with Crippen molar-refractivity contribution >= 4 is 41.6 Å². The predicted molar refractivity (Wildman–Crippen MR) is 173 cm³/mol. The lowest BCUT2D eigenvalue weighted by Crippen LogP contribution is -2.66. The maximum absolute atomic E-state index is 13.5. The molecular weight excluding hydrogens is 694 g/mol. The average Bonchev–Trinajstić information content (AvgIpc) is 3.08. The van der Waals surface area contributed by atoms with E-state index in [-0.39, 0.29) is 5.56 Å². The van der Waals surface area contributed by atoms with Crippen LogP contribution >= 0.6 is 11.8 Å². The van der Waals surface area contributed by atoms with Gasteiger partial charge in [-0.1, -0.05) is 53.3 Å². The van der Waals surface area contributed by atoms with Crippen LogP contribution in [0.1, 0.15) is 38.1 Å². The van der Waals surface area contributed by atoms with E-state index in [1.165, 1.54) is 12.1 Å². The van der Waals surface area contributed by atoms with Gasteiger partial charge in [-0.15, -0.1) is 0 Å². The van der Waals surface area contributed by atoms with Gasteiger partial charge >= 0.3 is 29.8 Å². The molecular formula is C33H37N3O14S. The zero-order valence-electron chi connectivity index (χ0n) is 28.0. The first kappa shape index (κ1) is 39.1. The van der Waals surface area contributed by atoms with E-state index in [4.69, 9.17) is 37.9 Å². The minimum absolute atomic E-state index is 0.141. The Bertz CT molecular complexity index is 1580. The number of carbonyl (C=O) groups is 5. The minimum atomic E-state index is -1.74. The Morgan fingerprint density at radius 3 is 1.90 bits per heavy atom. The summed E-state index contributed by atoms with van der Waals surface area (Å²) in [4.78, 5) is 65.8. The van der Waals surface area contributed by atoms with Crippen LogP contribution in [0.15, 0.2) is 70.7 Å². The number of aliphatic hydroxyl groups is 1. The summed E-state index contributed by atoms with van der Waals surface area (Å²) in [6.07, 6.45) is -12.1. The third-order valence-electron chi connectivity index (χ3n) is 7.47. The lowest BCUT2D eigenvalue weighted by Gasteiger charge is -2.48. The summed E-state index contributed by atoms with van der Waals surface area (Å²) < 4.78 is 46.2. The molecule has 2 fully saturated rings. The van der Waals surface area contributed by atoms with Gasteiger partial charge in [-0.05, 0) is 29.8 Å². The maximum Gasteiger partial charge on any atom is 0.338 e. The largest absolute Gasteiger partial charge is 0.463 e. The van der Waals surface area contributed by atoms with Gasteiger partial charge in [0.05, 0.1) is 12.2 Å². The van der Waals surface area contributed by atoms with Crippen LogP contribution < -0.4 is 0 Å². The zero-order valence-corrected chi connectivity index (χ0v) is 28.8. The normalized spacial score (nSPS) is 28.6. The summed E-state index contributed by atoms with van der Waals surface area (Å²) in [5, 5.41) is 14.5. The van der Waals surface area contributed by atoms with Crippen molar-refractivity contribution in [2.24, 2.45) is 5.11 Å². The molecule has 0 spiro atoms. The number of benzene rings is 2. The van der Waals surface area contributed by atoms with E-state index in [2.05, 4.69) is 10.0 Å². The van der Waals surface area contributed by atoms with Crippen LogP contribution in [0.3, 0.4) is 0 Å². The number of rotatable bonds is 13. The molecule has 10 atom stereocenters. The van der Waals surface area contributed by atoms with Gasteiger partial charge in [-0.2, -0.15) is 0 Å². The Morgan fingerprint density at radius 2 is 1.33 bits per heavy atom. The van der Waals surface area contributed by atoms with Crippen LogP contribution in [-0.4, -0.2) is 109 Å². The number of azide groups is 1. The minimum Gasteiger partial charge on any atom is -0.463 e. The fourth-order valence-corrected chi connectivity index (χ4v) is 6.60. The standard InChI is InChI=1S/C33H37N3O14S/c1-17(38)43-16-24-27(44-18(2)39)29(45-19(3)40)30(46-20(4)41)32(47-24)50-26-23(15-37)48-33(51-22-13-9-6-10-14-22)25(35-36-34)28(26)49-31(42)21-11-7-5-8-12-21/h5-14,23-30,32-33,37H,15-16H2,1-4H3/t23?,24-,25?,26+,27-,28?,29?,30?,32-,33-/m0/s1. The van der Waals surface area contributed by atoms with Gasteiger partial charge in [-0.3, -0.25) is 19.2 Å². The molecule has 2 aliphatic heterocycles. The van der Waals surface area contributed by atoms with Gasteiger partial charge in [0.2, 0.25) is 0 Å². The van der Waals surface area contributed by atoms with E-state index in [9.17, 15) is 34.6 Å². The highest BCUT2D eigenvalue weighted by atomic mass is 32.2. The van der Waals surface area contributed by atoms with Gasteiger partial charge in [0.25, 0.3) is 0 Å². The Labute approximate surface area is 296 Å². The third-order valence-corrected chi connectivity index (χ3v) is 8.63. The molecule has 2 aromatic rings. The quantitative estimate of drug-likeness (QED) is 0.103. The van der Waals surface area contributed by atoms with Crippen molar-refractivity contribution in [2.75, 3.05) is 13.2 Å². The summed E-state index contributed by atoms with van der Waals surface area (Å²) in [6, 6.07) is 15.5. The summed E-state index contributed by atoms with van der Waals surface area (Å²) >= 11 is 1.14. The van der Waals surface area contributed by atoms with Crippen molar-refractivity contribution in [3.05, 3.63) is 76.7 Å². The van der Waals surface area contributed by atoms with Crippen LogP contribution in [0.25, 0.3) is 10.4 Å². The second-order valence-electron chi connectivity index (χ2n) is 11.3. The number of ether oxygens (including phenoxy) is 8. The molecule has 4 rings (SSSR count). The van der Waals surface area contributed by atoms with Gasteiger partial charge in [0.15, 0.2) is 24.6 Å². The molecule has 2 aromatic carbocycles. The molecule has 0 amide bonds. The Morgan fingerprint density at radius 1 is 0.745 bits per heavy atom. The van der Waals surface area contributed by atoms with E-state index in [0.717, 1.165) is 39.5 Å². The van der Waals surface area contributed by atoms with E-state index in [1.807, 2.05) is 0 Å². The number of nitrogens with zero attached hydrogens (tertiary/aromatic N) is 3. The van der Waals surface area contributed by atoms with Crippen molar-refractivity contribution in [1.29, 1.82) is 0 Å². The fraction of sp³-hybridized carbons (Fsp3) is 0.485. The van der Waals surface area contributed by atoms with Crippen LogP contribution in [0, 0.1) is 0 Å². The van der Waals surface area contributed by atoms with Gasteiger partial charge in [0, 0.05) is 37.5 Å². The lowest BCUT2D eigenvalue weighted by molar-refractivity contribution is -0.335. The molecule has 51 heavy (non-hydrogen) atoms. The first-order valence-electron chi connectivity index (χ1n) is 15.7. The van der Waals surface area contributed by atoms with E-state index in [0.29, 0.717) is 4.90 Å². The van der Waals surface area contributed by atoms with Gasteiger partial charge < -0.3 is 43.0 Å². The van der Waals surface area contributed by atoms with E-state index < -0.39 is 104 Å². The molecule has 17 nitrogen and oxygen atoms in total. The Hall–Kier alpha value is -4.71. The molecule has 5 unspecified atom stereocenters. The predicted octanol–water partition coefficient (Wildman–Crippen LogP) is 2.87. The number of hydrogen-bond donors (Lipinski definition) is 1. The molecule has 0 bridgehead atoms. The van der Waals surface area contributed by atoms with Gasteiger partial charge in [-0.25, -0.2) is 4.79 Å². The number of carbonyl (C=O) groups excluding carboxylic acids is 5. The second-order valence-corrected chi connectivity index (χ2v) is 12.4. The monoisotopic (exact) mass is 731 g/mol. The fourth-order valence-electron chi connectivity index (χ4n) is 5.47. The van der Waals surface area contributed by atoms with Crippen molar-refractivity contribution in [2.45, 2.75) is 93.1 Å². The molecule has 274 valence electrons. The van der Waals surface area contributed by atoms with Gasteiger partial charge in [0.1, 0.15) is 42.5 Å². The third kappa shape index (κ3) is 10.6. The second kappa shape index (κ2) is 18.5. The highest BCUT2D eigenvalue weighted by Crippen LogP contribution is 2.39. The van der Waals surface area contributed by atoms with Crippen molar-refractivity contribution < 1.29 is 67.0 Å². The first-order chi connectivity index (χ1) is 24.4. The molecule has 2 heterocycles. The maximum atomic E-state index is 13.5. The van der Waals surface area contributed by atoms with E-state index in [1.54, 1.807) is 48.5 Å². The van der Waals surface area contributed by atoms with Crippen LogP contribution in [0.4, 0.5) is 0 Å². The average molecular weight is 732 g/mol. The molecule has 18 heteroatoms. The lowest BCUT2D eigenvalue weighted by atomic mass is 9.95. The van der Waals surface area contributed by atoms with Crippen LogP contribution in [0.2, 0.25) is 0 Å². The summed E-state index contributed by atoms with van der Waals surface area (Å²) in [6.45, 7) is 3.07. The smallest absolute Gasteiger partial charge is 0.338 e. The number of thioether (sulfide) groups is 1. The SMILES string of the molecule is CC(=O)OC[C@@H]1O[C@@H](O[C@@H]2C(CO)O[C@@H](Sc3ccccc3)C(N=[N+]=[N-])C2OC(=O)c2ccccc2)C(OC(C)=O)C(OC(C)=O)[C@H]1OC(C)=O. The van der Waals surface area contributed by atoms with Crippen LogP contribution in [0.5, 0.6) is 0 Å². The van der Waals surface area contributed by atoms with Crippen molar-refractivity contribution in [1.82, 2.24) is 0 Å². The molecule has 0 aromatic heterocycles. The highest BCUT2D eigenvalue weighted by molar-refractivity contribution is 7.99.